The highest BCUT2D eigenvalue weighted by molar-refractivity contribution is 6.08. The first-order chi connectivity index (χ1) is 9.66. The fraction of sp³-hybridized carbons (Fsp3) is 0.143. The molecule has 0 atom stereocenters. The zero-order valence-electron chi connectivity index (χ0n) is 11.0. The van der Waals surface area contributed by atoms with Crippen LogP contribution in [0.15, 0.2) is 35.1 Å². The van der Waals surface area contributed by atoms with E-state index in [0.29, 0.717) is 22.8 Å². The van der Waals surface area contributed by atoms with Crippen molar-refractivity contribution in [3.63, 3.8) is 0 Å². The summed E-state index contributed by atoms with van der Waals surface area (Å²) in [4.78, 5) is 20.6. The van der Waals surface area contributed by atoms with E-state index < -0.39 is 0 Å². The average molecular weight is 268 g/mol. The standard InChI is InChI=1S/C14H12N4O2/c1-8-12(9(2)20-18-8)14(19)17-13-10-5-3-4-6-11(10)15-7-16-13/h3-7H,1-2H3,(H,15,16,17,19). The number of anilines is 1. The first-order valence-electron chi connectivity index (χ1n) is 6.11. The predicted molar refractivity (Wildman–Crippen MR) is 73.5 cm³/mol. The Labute approximate surface area is 114 Å². The number of benzene rings is 1. The Bertz CT molecular complexity index is 770. The molecule has 1 amide bonds. The summed E-state index contributed by atoms with van der Waals surface area (Å²) in [7, 11) is 0. The Hall–Kier alpha value is -2.76. The van der Waals surface area contributed by atoms with E-state index in [9.17, 15) is 4.79 Å². The number of hydrogen-bond donors (Lipinski definition) is 1. The number of nitrogens with one attached hydrogen (secondary N) is 1. The lowest BCUT2D eigenvalue weighted by Gasteiger charge is -2.06. The van der Waals surface area contributed by atoms with Crippen LogP contribution in [0.3, 0.4) is 0 Å². The second kappa shape index (κ2) is 4.73. The lowest BCUT2D eigenvalue weighted by atomic mass is 10.2. The lowest BCUT2D eigenvalue weighted by molar-refractivity contribution is 0.102. The molecular weight excluding hydrogens is 256 g/mol. The van der Waals surface area contributed by atoms with Gasteiger partial charge in [0.2, 0.25) is 0 Å². The Morgan fingerprint density at radius 3 is 2.75 bits per heavy atom. The van der Waals surface area contributed by atoms with Crippen LogP contribution in [0.1, 0.15) is 21.8 Å². The quantitative estimate of drug-likeness (QED) is 0.772. The minimum Gasteiger partial charge on any atom is -0.361 e. The molecule has 0 aliphatic carbocycles. The number of aromatic nitrogens is 3. The summed E-state index contributed by atoms with van der Waals surface area (Å²) in [6.45, 7) is 3.43. The molecule has 100 valence electrons. The van der Waals surface area contributed by atoms with Gasteiger partial charge in [-0.1, -0.05) is 17.3 Å². The van der Waals surface area contributed by atoms with E-state index >= 15 is 0 Å². The molecule has 6 heteroatoms. The van der Waals surface area contributed by atoms with Gasteiger partial charge in [0.1, 0.15) is 23.5 Å². The van der Waals surface area contributed by atoms with Crippen molar-refractivity contribution in [3.8, 4) is 0 Å². The van der Waals surface area contributed by atoms with Gasteiger partial charge in [0.15, 0.2) is 0 Å². The van der Waals surface area contributed by atoms with Gasteiger partial charge in [-0.3, -0.25) is 4.79 Å². The van der Waals surface area contributed by atoms with Gasteiger partial charge in [0.05, 0.1) is 11.2 Å². The number of nitrogens with zero attached hydrogens (tertiary/aromatic N) is 3. The third-order valence-corrected chi connectivity index (χ3v) is 3.04. The number of hydrogen-bond acceptors (Lipinski definition) is 5. The van der Waals surface area contributed by atoms with Gasteiger partial charge >= 0.3 is 0 Å². The summed E-state index contributed by atoms with van der Waals surface area (Å²) in [6.07, 6.45) is 1.42. The Balaban J connectivity index is 2.00. The maximum atomic E-state index is 12.3. The highest BCUT2D eigenvalue weighted by Gasteiger charge is 2.18. The van der Waals surface area contributed by atoms with E-state index in [1.807, 2.05) is 24.3 Å². The number of para-hydroxylation sites is 1. The van der Waals surface area contributed by atoms with Crippen molar-refractivity contribution in [1.82, 2.24) is 15.1 Å². The van der Waals surface area contributed by atoms with E-state index in [2.05, 4.69) is 20.4 Å². The maximum absolute atomic E-state index is 12.3. The minimum atomic E-state index is -0.287. The average Bonchev–Trinajstić information content (AvgIpc) is 2.78. The van der Waals surface area contributed by atoms with Gasteiger partial charge in [-0.15, -0.1) is 0 Å². The fourth-order valence-electron chi connectivity index (χ4n) is 2.08. The molecule has 0 unspecified atom stereocenters. The zero-order valence-corrected chi connectivity index (χ0v) is 11.0. The van der Waals surface area contributed by atoms with E-state index in [4.69, 9.17) is 4.52 Å². The lowest BCUT2D eigenvalue weighted by Crippen LogP contribution is -2.15. The third-order valence-electron chi connectivity index (χ3n) is 3.04. The molecule has 6 nitrogen and oxygen atoms in total. The van der Waals surface area contributed by atoms with Gasteiger partial charge in [0.25, 0.3) is 5.91 Å². The van der Waals surface area contributed by atoms with E-state index in [0.717, 1.165) is 10.9 Å². The number of carbonyl (C=O) groups is 1. The second-order valence-corrected chi connectivity index (χ2v) is 4.39. The first kappa shape index (κ1) is 12.3. The monoisotopic (exact) mass is 268 g/mol. The summed E-state index contributed by atoms with van der Waals surface area (Å²) in [5.74, 6) is 0.670. The Kier molecular flexibility index (Phi) is 2.90. The Morgan fingerprint density at radius 1 is 1.20 bits per heavy atom. The van der Waals surface area contributed by atoms with Crippen molar-refractivity contribution < 1.29 is 9.32 Å². The van der Waals surface area contributed by atoms with E-state index in [1.54, 1.807) is 13.8 Å². The van der Waals surface area contributed by atoms with Crippen LogP contribution >= 0.6 is 0 Å². The number of aryl methyl sites for hydroxylation is 2. The molecule has 0 aliphatic heterocycles. The summed E-state index contributed by atoms with van der Waals surface area (Å²) in [6, 6.07) is 7.48. The molecule has 0 bridgehead atoms. The smallest absolute Gasteiger partial charge is 0.262 e. The van der Waals surface area contributed by atoms with Gasteiger partial charge in [-0.05, 0) is 26.0 Å². The molecule has 0 saturated heterocycles. The van der Waals surface area contributed by atoms with Crippen LogP contribution in [0.25, 0.3) is 10.9 Å². The van der Waals surface area contributed by atoms with Crippen molar-refractivity contribution in [2.45, 2.75) is 13.8 Å². The molecule has 0 saturated carbocycles. The van der Waals surface area contributed by atoms with Crippen molar-refractivity contribution in [1.29, 1.82) is 0 Å². The normalized spacial score (nSPS) is 10.7. The molecule has 1 N–H and O–H groups in total. The largest absolute Gasteiger partial charge is 0.361 e. The molecule has 2 aromatic heterocycles. The highest BCUT2D eigenvalue weighted by Crippen LogP contribution is 2.20. The van der Waals surface area contributed by atoms with E-state index in [1.165, 1.54) is 6.33 Å². The Morgan fingerprint density at radius 2 is 2.00 bits per heavy atom. The van der Waals surface area contributed by atoms with Gasteiger partial charge in [0, 0.05) is 5.39 Å². The maximum Gasteiger partial charge on any atom is 0.262 e. The molecule has 20 heavy (non-hydrogen) atoms. The molecule has 2 heterocycles. The van der Waals surface area contributed by atoms with Crippen LogP contribution in [0.2, 0.25) is 0 Å². The third kappa shape index (κ3) is 2.01. The van der Waals surface area contributed by atoms with Crippen LogP contribution < -0.4 is 5.32 Å². The van der Waals surface area contributed by atoms with Gasteiger partial charge < -0.3 is 9.84 Å². The van der Waals surface area contributed by atoms with Gasteiger partial charge in [-0.25, -0.2) is 9.97 Å². The van der Waals surface area contributed by atoms with Crippen LogP contribution in [0, 0.1) is 13.8 Å². The van der Waals surface area contributed by atoms with Crippen LogP contribution in [0.4, 0.5) is 5.82 Å². The summed E-state index contributed by atoms with van der Waals surface area (Å²) in [5, 5.41) is 7.34. The molecule has 0 fully saturated rings. The molecule has 3 rings (SSSR count). The van der Waals surface area contributed by atoms with Crippen LogP contribution in [-0.4, -0.2) is 21.0 Å². The molecular formula is C14H12N4O2. The van der Waals surface area contributed by atoms with Crippen molar-refractivity contribution in [2.75, 3.05) is 5.32 Å². The molecule has 3 aromatic rings. The molecule has 0 radical (unpaired) electrons. The molecule has 0 spiro atoms. The number of amides is 1. The van der Waals surface area contributed by atoms with Gasteiger partial charge in [-0.2, -0.15) is 0 Å². The number of carbonyl (C=O) groups excluding carboxylic acids is 1. The summed E-state index contributed by atoms with van der Waals surface area (Å²) in [5.41, 5.74) is 1.77. The molecule has 0 aliphatic rings. The summed E-state index contributed by atoms with van der Waals surface area (Å²) < 4.78 is 5.00. The first-order valence-corrected chi connectivity index (χ1v) is 6.11. The van der Waals surface area contributed by atoms with E-state index in [-0.39, 0.29) is 5.91 Å². The topological polar surface area (TPSA) is 80.9 Å². The van der Waals surface area contributed by atoms with Crippen molar-refractivity contribution >= 4 is 22.6 Å². The fourth-order valence-corrected chi connectivity index (χ4v) is 2.08. The SMILES string of the molecule is Cc1noc(C)c1C(=O)Nc1ncnc2ccccc12. The van der Waals surface area contributed by atoms with Crippen molar-refractivity contribution in [2.24, 2.45) is 0 Å². The number of fused-ring (bicyclic) bond motifs is 1. The predicted octanol–water partition coefficient (Wildman–Crippen LogP) is 2.49. The summed E-state index contributed by atoms with van der Waals surface area (Å²) >= 11 is 0. The van der Waals surface area contributed by atoms with Crippen molar-refractivity contribution in [3.05, 3.63) is 47.6 Å². The molecule has 1 aromatic carbocycles. The second-order valence-electron chi connectivity index (χ2n) is 4.39. The number of rotatable bonds is 2. The highest BCUT2D eigenvalue weighted by atomic mass is 16.5. The zero-order chi connectivity index (χ0) is 14.1. The van der Waals surface area contributed by atoms with Crippen LogP contribution in [0.5, 0.6) is 0 Å². The van der Waals surface area contributed by atoms with Crippen LogP contribution in [-0.2, 0) is 0 Å². The minimum absolute atomic E-state index is 0.287.